The highest BCUT2D eigenvalue weighted by Crippen LogP contribution is 2.31. The Kier molecular flexibility index (Phi) is 5.47. The molecular weight excluding hydrogens is 391 g/mol. The highest BCUT2D eigenvalue weighted by molar-refractivity contribution is 5.71. The van der Waals surface area contributed by atoms with E-state index < -0.39 is 0 Å². The zero-order valence-corrected chi connectivity index (χ0v) is 17.9. The lowest BCUT2D eigenvalue weighted by Crippen LogP contribution is -2.27. The maximum Gasteiger partial charge on any atom is 0.133 e. The summed E-state index contributed by atoms with van der Waals surface area (Å²) in [5.74, 6) is 1.07. The molecule has 2 heterocycles. The molecule has 0 radical (unpaired) electrons. The van der Waals surface area contributed by atoms with E-state index in [4.69, 9.17) is 11.5 Å². The van der Waals surface area contributed by atoms with Gasteiger partial charge in [0.25, 0.3) is 0 Å². The van der Waals surface area contributed by atoms with Gasteiger partial charge in [-0.3, -0.25) is 0 Å². The van der Waals surface area contributed by atoms with Gasteiger partial charge in [-0.2, -0.15) is 0 Å². The predicted molar refractivity (Wildman–Crippen MR) is 121 cm³/mol. The summed E-state index contributed by atoms with van der Waals surface area (Å²) in [4.78, 5) is 14.9. The normalized spacial score (nSPS) is 12.8. The third-order valence-corrected chi connectivity index (χ3v) is 5.43. The van der Waals surface area contributed by atoms with E-state index in [0.29, 0.717) is 17.1 Å². The molecule has 160 valence electrons. The molecule has 0 aliphatic heterocycles. The average Bonchev–Trinajstić information content (AvgIpc) is 3.42. The Balaban J connectivity index is 1.56. The van der Waals surface area contributed by atoms with Crippen molar-refractivity contribution < 1.29 is 4.39 Å². The summed E-state index contributed by atoms with van der Waals surface area (Å²) in [5.41, 5.74) is 16.5. The molecule has 6 nitrogen and oxygen atoms in total. The molecule has 2 aromatic heterocycles. The van der Waals surface area contributed by atoms with Crippen LogP contribution in [0.4, 0.5) is 4.39 Å². The number of nitrogens with two attached hydrogens (primary N) is 2. The Morgan fingerprint density at radius 3 is 2.16 bits per heavy atom. The van der Waals surface area contributed by atoms with Crippen molar-refractivity contribution in [2.75, 3.05) is 0 Å². The second kappa shape index (κ2) is 8.09. The average molecular weight is 419 g/mol. The maximum atomic E-state index is 14.7. The van der Waals surface area contributed by atoms with E-state index in [9.17, 15) is 4.39 Å². The minimum absolute atomic E-state index is 0.0860. The summed E-state index contributed by atoms with van der Waals surface area (Å²) >= 11 is 0. The number of halogens is 1. The van der Waals surface area contributed by atoms with Crippen LogP contribution in [0.2, 0.25) is 0 Å². The molecular formula is C24H27FN6. The second-order valence-corrected chi connectivity index (χ2v) is 8.75. The molecule has 0 saturated carbocycles. The third-order valence-electron chi connectivity index (χ3n) is 5.43. The van der Waals surface area contributed by atoms with Gasteiger partial charge in [0.2, 0.25) is 0 Å². The van der Waals surface area contributed by atoms with Crippen LogP contribution in [-0.4, -0.2) is 19.9 Å². The van der Waals surface area contributed by atoms with E-state index in [1.807, 2.05) is 30.3 Å². The van der Waals surface area contributed by atoms with Crippen molar-refractivity contribution >= 4 is 0 Å². The van der Waals surface area contributed by atoms with E-state index >= 15 is 0 Å². The van der Waals surface area contributed by atoms with Gasteiger partial charge in [-0.1, -0.05) is 51.1 Å². The van der Waals surface area contributed by atoms with Crippen LogP contribution in [0.15, 0.2) is 54.9 Å². The number of hydrogen-bond donors (Lipinski definition) is 4. The summed E-state index contributed by atoms with van der Waals surface area (Å²) in [6, 6.07) is 12.9. The zero-order chi connectivity index (χ0) is 22.2. The Bertz CT molecular complexity index is 1180. The van der Waals surface area contributed by atoms with Crippen LogP contribution in [-0.2, 0) is 6.54 Å². The van der Waals surface area contributed by atoms with Gasteiger partial charge >= 0.3 is 0 Å². The summed E-state index contributed by atoms with van der Waals surface area (Å²) in [6.07, 6.45) is 3.39. The van der Waals surface area contributed by atoms with E-state index in [1.165, 1.54) is 6.07 Å². The standard InChI is InChI=1S/C24H27FN6/c1-24(2,3)22(27)23-29-12-19(31-23)15-6-4-14(5-7-15)16-8-9-17(18(25)10-16)20-13-28-21(11-26)30-20/h4-10,12-13,22H,11,26-27H2,1-3H3,(H,28,30)(H,29,31). The van der Waals surface area contributed by atoms with Crippen LogP contribution in [0.25, 0.3) is 33.6 Å². The molecule has 0 spiro atoms. The van der Waals surface area contributed by atoms with Crippen LogP contribution in [0.3, 0.4) is 0 Å². The number of aromatic nitrogens is 4. The highest BCUT2D eigenvalue weighted by atomic mass is 19.1. The lowest BCUT2D eigenvalue weighted by molar-refractivity contribution is 0.317. The van der Waals surface area contributed by atoms with Crippen molar-refractivity contribution in [1.82, 2.24) is 19.9 Å². The summed E-state index contributed by atoms with van der Waals surface area (Å²) in [6.45, 7) is 6.54. The van der Waals surface area contributed by atoms with Crippen LogP contribution in [0, 0.1) is 11.2 Å². The molecule has 7 heteroatoms. The number of rotatable bonds is 5. The first-order valence-corrected chi connectivity index (χ1v) is 10.2. The first-order valence-electron chi connectivity index (χ1n) is 10.2. The Morgan fingerprint density at radius 2 is 1.55 bits per heavy atom. The minimum Gasteiger partial charge on any atom is -0.341 e. The van der Waals surface area contributed by atoms with Crippen molar-refractivity contribution in [3.8, 4) is 33.6 Å². The van der Waals surface area contributed by atoms with Crippen molar-refractivity contribution in [2.45, 2.75) is 33.4 Å². The van der Waals surface area contributed by atoms with Crippen molar-refractivity contribution in [3.63, 3.8) is 0 Å². The van der Waals surface area contributed by atoms with Gasteiger partial charge in [-0.25, -0.2) is 14.4 Å². The summed E-state index contributed by atoms with van der Waals surface area (Å²) < 4.78 is 14.7. The van der Waals surface area contributed by atoms with Gasteiger partial charge < -0.3 is 21.4 Å². The molecule has 0 fully saturated rings. The van der Waals surface area contributed by atoms with Gasteiger partial charge in [0.05, 0.1) is 36.4 Å². The molecule has 2 aromatic carbocycles. The predicted octanol–water partition coefficient (Wildman–Crippen LogP) is 4.78. The van der Waals surface area contributed by atoms with Gasteiger partial charge in [-0.05, 0) is 34.2 Å². The SMILES string of the molecule is CC(C)(C)C(N)c1ncc(-c2ccc(-c3ccc(-c4cnc(CN)[nH]4)c(F)c3)cc2)[nH]1. The lowest BCUT2D eigenvalue weighted by atomic mass is 9.87. The van der Waals surface area contributed by atoms with Crippen molar-refractivity contribution in [2.24, 2.45) is 16.9 Å². The van der Waals surface area contributed by atoms with Gasteiger partial charge in [-0.15, -0.1) is 0 Å². The molecule has 0 bridgehead atoms. The van der Waals surface area contributed by atoms with Gasteiger partial charge in [0, 0.05) is 5.56 Å². The van der Waals surface area contributed by atoms with E-state index in [2.05, 4.69) is 40.7 Å². The second-order valence-electron chi connectivity index (χ2n) is 8.75. The number of nitrogens with zero attached hydrogens (tertiary/aromatic N) is 2. The molecule has 31 heavy (non-hydrogen) atoms. The Hall–Kier alpha value is -3.29. The number of hydrogen-bond acceptors (Lipinski definition) is 4. The quantitative estimate of drug-likeness (QED) is 0.374. The Morgan fingerprint density at radius 1 is 0.903 bits per heavy atom. The molecule has 1 atom stereocenters. The molecule has 0 amide bonds. The molecule has 1 unspecified atom stereocenters. The fourth-order valence-corrected chi connectivity index (χ4v) is 3.41. The minimum atomic E-state index is -0.317. The molecule has 0 saturated heterocycles. The van der Waals surface area contributed by atoms with Crippen LogP contribution in [0.1, 0.15) is 38.5 Å². The summed E-state index contributed by atoms with van der Waals surface area (Å²) in [7, 11) is 0. The van der Waals surface area contributed by atoms with Gasteiger partial charge in [0.15, 0.2) is 0 Å². The largest absolute Gasteiger partial charge is 0.341 e. The maximum absolute atomic E-state index is 14.7. The molecule has 0 aliphatic rings. The number of H-pyrrole nitrogens is 2. The fourth-order valence-electron chi connectivity index (χ4n) is 3.41. The topological polar surface area (TPSA) is 109 Å². The van der Waals surface area contributed by atoms with Crippen molar-refractivity contribution in [1.29, 1.82) is 0 Å². The Labute approximate surface area is 180 Å². The third kappa shape index (κ3) is 4.28. The zero-order valence-electron chi connectivity index (χ0n) is 17.9. The van der Waals surface area contributed by atoms with Gasteiger partial charge in [0.1, 0.15) is 17.5 Å². The van der Waals surface area contributed by atoms with E-state index in [-0.39, 0.29) is 23.8 Å². The number of nitrogens with one attached hydrogen (secondary N) is 2. The first-order chi connectivity index (χ1) is 14.8. The van der Waals surface area contributed by atoms with Crippen LogP contribution >= 0.6 is 0 Å². The molecule has 4 aromatic rings. The monoisotopic (exact) mass is 418 g/mol. The molecule has 4 rings (SSSR count). The first kappa shape index (κ1) is 21.0. The molecule has 6 N–H and O–H groups in total. The number of imidazole rings is 2. The smallest absolute Gasteiger partial charge is 0.133 e. The summed E-state index contributed by atoms with van der Waals surface area (Å²) in [5, 5.41) is 0. The van der Waals surface area contributed by atoms with Crippen molar-refractivity contribution in [3.05, 3.63) is 72.3 Å². The van der Waals surface area contributed by atoms with E-state index in [1.54, 1.807) is 18.5 Å². The van der Waals surface area contributed by atoms with Crippen LogP contribution in [0.5, 0.6) is 0 Å². The molecule has 0 aliphatic carbocycles. The van der Waals surface area contributed by atoms with E-state index in [0.717, 1.165) is 28.2 Å². The lowest BCUT2D eigenvalue weighted by Gasteiger charge is -2.24. The van der Waals surface area contributed by atoms with Crippen LogP contribution < -0.4 is 11.5 Å². The highest BCUT2D eigenvalue weighted by Gasteiger charge is 2.24. The fraction of sp³-hybridized carbons (Fsp3) is 0.250. The number of aromatic amines is 2. The number of benzene rings is 2.